The van der Waals surface area contributed by atoms with Gasteiger partial charge in [-0.15, -0.1) is 0 Å². The van der Waals surface area contributed by atoms with Crippen LogP contribution in [-0.4, -0.2) is 40.8 Å². The molecule has 2 unspecified atom stereocenters. The van der Waals surface area contributed by atoms with Crippen LogP contribution in [0.15, 0.2) is 6.33 Å². The van der Waals surface area contributed by atoms with E-state index in [2.05, 4.69) is 34.0 Å². The van der Waals surface area contributed by atoms with Gasteiger partial charge in [-0.2, -0.15) is 0 Å². The SMILES string of the molecule is CCCNc1ncnc(N2CCC(C(C)O)C2)c1CC. The Bertz CT molecular complexity index is 436. The van der Waals surface area contributed by atoms with Gasteiger partial charge in [0.05, 0.1) is 6.10 Å². The molecule has 0 saturated carbocycles. The molecule has 0 radical (unpaired) electrons. The second kappa shape index (κ2) is 6.88. The van der Waals surface area contributed by atoms with E-state index in [9.17, 15) is 5.11 Å². The van der Waals surface area contributed by atoms with Gasteiger partial charge < -0.3 is 15.3 Å². The third-order valence-corrected chi connectivity index (χ3v) is 4.03. The summed E-state index contributed by atoms with van der Waals surface area (Å²) in [6.45, 7) is 8.94. The first-order chi connectivity index (χ1) is 9.67. The van der Waals surface area contributed by atoms with Gasteiger partial charge in [0.15, 0.2) is 0 Å². The van der Waals surface area contributed by atoms with Gasteiger partial charge >= 0.3 is 0 Å². The Balaban J connectivity index is 2.19. The van der Waals surface area contributed by atoms with E-state index >= 15 is 0 Å². The van der Waals surface area contributed by atoms with Crippen LogP contribution in [0.2, 0.25) is 0 Å². The fraction of sp³-hybridized carbons (Fsp3) is 0.733. The molecule has 0 aromatic carbocycles. The van der Waals surface area contributed by atoms with Gasteiger partial charge in [0.1, 0.15) is 18.0 Å². The molecule has 1 fully saturated rings. The largest absolute Gasteiger partial charge is 0.393 e. The molecule has 2 N–H and O–H groups in total. The molecule has 2 atom stereocenters. The molecule has 5 heteroatoms. The molecule has 20 heavy (non-hydrogen) atoms. The lowest BCUT2D eigenvalue weighted by Crippen LogP contribution is -2.26. The third kappa shape index (κ3) is 3.20. The van der Waals surface area contributed by atoms with Crippen molar-refractivity contribution in [2.24, 2.45) is 5.92 Å². The molecule has 0 amide bonds. The fourth-order valence-electron chi connectivity index (χ4n) is 2.77. The van der Waals surface area contributed by atoms with Crippen LogP contribution in [0.1, 0.15) is 39.2 Å². The minimum Gasteiger partial charge on any atom is -0.393 e. The Labute approximate surface area is 121 Å². The fourth-order valence-corrected chi connectivity index (χ4v) is 2.77. The first-order valence-corrected chi connectivity index (χ1v) is 7.68. The van der Waals surface area contributed by atoms with Crippen molar-refractivity contribution in [2.75, 3.05) is 29.9 Å². The van der Waals surface area contributed by atoms with Crippen LogP contribution in [0.4, 0.5) is 11.6 Å². The molecule has 1 aromatic heterocycles. The van der Waals surface area contributed by atoms with Crippen LogP contribution in [0.3, 0.4) is 0 Å². The average molecular weight is 278 g/mol. The number of hydrogen-bond acceptors (Lipinski definition) is 5. The third-order valence-electron chi connectivity index (χ3n) is 4.03. The van der Waals surface area contributed by atoms with E-state index in [4.69, 9.17) is 0 Å². The molecule has 5 nitrogen and oxygen atoms in total. The standard InChI is InChI=1S/C15H26N4O/c1-4-7-16-14-13(5-2)15(18-10-17-14)19-8-6-12(9-19)11(3)20/h10-12,20H,4-9H2,1-3H3,(H,16,17,18). The second-order valence-electron chi connectivity index (χ2n) is 5.54. The smallest absolute Gasteiger partial charge is 0.137 e. The quantitative estimate of drug-likeness (QED) is 0.834. The molecule has 1 saturated heterocycles. The van der Waals surface area contributed by atoms with Crippen molar-refractivity contribution in [1.29, 1.82) is 0 Å². The van der Waals surface area contributed by atoms with Gasteiger partial charge in [-0.05, 0) is 26.2 Å². The maximum atomic E-state index is 9.74. The topological polar surface area (TPSA) is 61.3 Å². The molecule has 1 aromatic rings. The predicted molar refractivity (Wildman–Crippen MR) is 82.2 cm³/mol. The van der Waals surface area contributed by atoms with Crippen LogP contribution in [0.5, 0.6) is 0 Å². The summed E-state index contributed by atoms with van der Waals surface area (Å²) < 4.78 is 0. The summed E-state index contributed by atoms with van der Waals surface area (Å²) in [7, 11) is 0. The number of aliphatic hydroxyl groups is 1. The van der Waals surface area contributed by atoms with Crippen molar-refractivity contribution < 1.29 is 5.11 Å². The van der Waals surface area contributed by atoms with E-state index in [0.29, 0.717) is 5.92 Å². The first-order valence-electron chi connectivity index (χ1n) is 7.68. The Morgan fingerprint density at radius 2 is 2.25 bits per heavy atom. The van der Waals surface area contributed by atoms with Crippen LogP contribution in [-0.2, 0) is 6.42 Å². The van der Waals surface area contributed by atoms with Crippen molar-refractivity contribution in [3.05, 3.63) is 11.9 Å². The maximum absolute atomic E-state index is 9.74. The van der Waals surface area contributed by atoms with Gasteiger partial charge in [0.2, 0.25) is 0 Å². The number of aliphatic hydroxyl groups excluding tert-OH is 1. The summed E-state index contributed by atoms with van der Waals surface area (Å²) >= 11 is 0. The minimum absolute atomic E-state index is 0.246. The molecule has 0 spiro atoms. The van der Waals surface area contributed by atoms with Gasteiger partial charge in [-0.1, -0.05) is 13.8 Å². The lowest BCUT2D eigenvalue weighted by Gasteiger charge is -2.22. The summed E-state index contributed by atoms with van der Waals surface area (Å²) in [4.78, 5) is 11.1. The molecule has 2 heterocycles. The Hall–Kier alpha value is -1.36. The number of anilines is 2. The molecule has 0 bridgehead atoms. The van der Waals surface area contributed by atoms with Gasteiger partial charge in [-0.3, -0.25) is 0 Å². The second-order valence-corrected chi connectivity index (χ2v) is 5.54. The normalized spacial score (nSPS) is 20.2. The Morgan fingerprint density at radius 3 is 2.85 bits per heavy atom. The number of aromatic nitrogens is 2. The van der Waals surface area contributed by atoms with E-state index in [1.165, 1.54) is 5.56 Å². The van der Waals surface area contributed by atoms with Crippen molar-refractivity contribution in [3.63, 3.8) is 0 Å². The average Bonchev–Trinajstić information content (AvgIpc) is 2.94. The molecule has 0 aliphatic carbocycles. The zero-order chi connectivity index (χ0) is 14.5. The number of nitrogens with one attached hydrogen (secondary N) is 1. The highest BCUT2D eigenvalue weighted by atomic mass is 16.3. The molecule has 1 aliphatic rings. The van der Waals surface area contributed by atoms with E-state index in [-0.39, 0.29) is 6.10 Å². The maximum Gasteiger partial charge on any atom is 0.137 e. The summed E-state index contributed by atoms with van der Waals surface area (Å²) in [6, 6.07) is 0. The highest BCUT2D eigenvalue weighted by molar-refractivity contribution is 5.59. The summed E-state index contributed by atoms with van der Waals surface area (Å²) in [5.41, 5.74) is 1.19. The summed E-state index contributed by atoms with van der Waals surface area (Å²) in [6.07, 6.45) is 4.42. The van der Waals surface area contributed by atoms with Crippen molar-refractivity contribution in [3.8, 4) is 0 Å². The molecule has 2 rings (SSSR count). The van der Waals surface area contributed by atoms with E-state index in [1.54, 1.807) is 6.33 Å². The lowest BCUT2D eigenvalue weighted by molar-refractivity contribution is 0.136. The van der Waals surface area contributed by atoms with Crippen molar-refractivity contribution in [1.82, 2.24) is 9.97 Å². The number of rotatable bonds is 6. The van der Waals surface area contributed by atoms with Gasteiger partial charge in [0.25, 0.3) is 0 Å². The zero-order valence-corrected chi connectivity index (χ0v) is 12.8. The highest BCUT2D eigenvalue weighted by Crippen LogP contribution is 2.29. The predicted octanol–water partition coefficient (Wildman–Crippen LogP) is 2.07. The van der Waals surface area contributed by atoms with Crippen LogP contribution >= 0.6 is 0 Å². The summed E-state index contributed by atoms with van der Waals surface area (Å²) in [5, 5.41) is 13.1. The van der Waals surface area contributed by atoms with Crippen LogP contribution < -0.4 is 10.2 Å². The van der Waals surface area contributed by atoms with Gasteiger partial charge in [-0.25, -0.2) is 9.97 Å². The Morgan fingerprint density at radius 1 is 1.45 bits per heavy atom. The highest BCUT2D eigenvalue weighted by Gasteiger charge is 2.28. The Kier molecular flexibility index (Phi) is 5.17. The summed E-state index contributed by atoms with van der Waals surface area (Å²) in [5.74, 6) is 2.34. The number of hydrogen-bond donors (Lipinski definition) is 2. The monoisotopic (exact) mass is 278 g/mol. The van der Waals surface area contributed by atoms with E-state index in [1.807, 2.05) is 6.92 Å². The van der Waals surface area contributed by atoms with Crippen molar-refractivity contribution >= 4 is 11.6 Å². The van der Waals surface area contributed by atoms with E-state index in [0.717, 1.165) is 50.5 Å². The molecular weight excluding hydrogens is 252 g/mol. The van der Waals surface area contributed by atoms with Gasteiger partial charge in [0, 0.05) is 31.1 Å². The zero-order valence-electron chi connectivity index (χ0n) is 12.8. The van der Waals surface area contributed by atoms with Crippen LogP contribution in [0.25, 0.3) is 0 Å². The first kappa shape index (κ1) is 15.0. The lowest BCUT2D eigenvalue weighted by atomic mass is 10.0. The minimum atomic E-state index is -0.246. The van der Waals surface area contributed by atoms with Crippen molar-refractivity contribution in [2.45, 2.75) is 46.1 Å². The van der Waals surface area contributed by atoms with Crippen LogP contribution in [0, 0.1) is 5.92 Å². The number of nitrogens with zero attached hydrogens (tertiary/aromatic N) is 3. The molecule has 1 aliphatic heterocycles. The molecule has 112 valence electrons. The molecular formula is C15H26N4O. The van der Waals surface area contributed by atoms with E-state index < -0.39 is 0 Å².